The third-order valence-corrected chi connectivity index (χ3v) is 2.07. The van der Waals surface area contributed by atoms with Gasteiger partial charge in [-0.25, -0.2) is 0 Å². The van der Waals surface area contributed by atoms with E-state index in [1.807, 2.05) is 24.3 Å². The molecule has 0 bridgehead atoms. The minimum atomic E-state index is 0. The summed E-state index contributed by atoms with van der Waals surface area (Å²) in [6, 6.07) is 7.72. The molecule has 0 saturated heterocycles. The van der Waals surface area contributed by atoms with Crippen LogP contribution in [-0.2, 0) is 0 Å². The van der Waals surface area contributed by atoms with Crippen molar-refractivity contribution in [3.8, 4) is 0 Å². The van der Waals surface area contributed by atoms with Gasteiger partial charge in [-0.15, -0.1) is 24.8 Å². The number of hydrogen-bond donors (Lipinski definition) is 3. The monoisotopic (exact) mass is 266 g/mol. The van der Waals surface area contributed by atoms with Gasteiger partial charge in [0, 0.05) is 24.5 Å². The van der Waals surface area contributed by atoms with Gasteiger partial charge in [-0.05, 0) is 43.5 Å². The number of aliphatic hydroxyl groups excluding tert-OH is 1. The van der Waals surface area contributed by atoms with Crippen LogP contribution < -0.4 is 11.1 Å². The van der Waals surface area contributed by atoms with E-state index >= 15 is 0 Å². The first-order valence-corrected chi connectivity index (χ1v) is 5.03. The molecule has 0 radical (unpaired) electrons. The molecule has 0 fully saturated rings. The van der Waals surface area contributed by atoms with E-state index in [1.165, 1.54) is 0 Å². The van der Waals surface area contributed by atoms with Crippen LogP contribution in [0.2, 0.25) is 0 Å². The second kappa shape index (κ2) is 10.9. The number of nitrogens with two attached hydrogens (primary N) is 1. The van der Waals surface area contributed by atoms with Crippen LogP contribution in [0.4, 0.5) is 11.4 Å². The average Bonchev–Trinajstić information content (AvgIpc) is 2.21. The standard InChI is InChI=1S/C11H18N2O.2ClH/c12-10-4-6-11(7-5-10)13-8-2-1-3-9-14;;/h4-7,13-14H,1-3,8-9,12H2;2*1H. The maximum Gasteiger partial charge on any atom is 0.0431 e. The van der Waals surface area contributed by atoms with Crippen molar-refractivity contribution in [2.24, 2.45) is 0 Å². The lowest BCUT2D eigenvalue weighted by molar-refractivity contribution is 0.283. The zero-order valence-electron chi connectivity index (χ0n) is 9.19. The summed E-state index contributed by atoms with van der Waals surface area (Å²) in [5, 5.41) is 11.9. The summed E-state index contributed by atoms with van der Waals surface area (Å²) in [6.45, 7) is 1.24. The van der Waals surface area contributed by atoms with Gasteiger partial charge in [-0.1, -0.05) is 0 Å². The van der Waals surface area contributed by atoms with Crippen LogP contribution in [-0.4, -0.2) is 18.3 Å². The third kappa shape index (κ3) is 7.63. The fourth-order valence-electron chi connectivity index (χ4n) is 1.25. The van der Waals surface area contributed by atoms with Crippen LogP contribution in [0.15, 0.2) is 24.3 Å². The highest BCUT2D eigenvalue weighted by Crippen LogP contribution is 2.10. The van der Waals surface area contributed by atoms with Gasteiger partial charge in [-0.2, -0.15) is 0 Å². The van der Waals surface area contributed by atoms with Crippen molar-refractivity contribution in [1.29, 1.82) is 0 Å². The van der Waals surface area contributed by atoms with E-state index in [0.717, 1.165) is 37.2 Å². The molecule has 94 valence electrons. The first kappa shape index (κ1) is 17.7. The Morgan fingerprint density at radius 3 is 2.19 bits per heavy atom. The maximum atomic E-state index is 8.58. The summed E-state index contributed by atoms with van der Waals surface area (Å²) in [5.74, 6) is 0. The minimum Gasteiger partial charge on any atom is -0.399 e. The molecular formula is C11H20Cl2N2O. The topological polar surface area (TPSA) is 58.3 Å². The number of nitrogen functional groups attached to an aromatic ring is 1. The SMILES string of the molecule is Cl.Cl.Nc1ccc(NCCCCCO)cc1. The normalized spacial score (nSPS) is 8.81. The Balaban J connectivity index is 0. The maximum absolute atomic E-state index is 8.58. The van der Waals surface area contributed by atoms with Crippen molar-refractivity contribution in [3.63, 3.8) is 0 Å². The summed E-state index contributed by atoms with van der Waals surface area (Å²) in [7, 11) is 0. The van der Waals surface area contributed by atoms with E-state index in [9.17, 15) is 0 Å². The van der Waals surface area contributed by atoms with Gasteiger partial charge in [0.2, 0.25) is 0 Å². The van der Waals surface area contributed by atoms with E-state index in [4.69, 9.17) is 10.8 Å². The Labute approximate surface area is 109 Å². The largest absolute Gasteiger partial charge is 0.399 e. The zero-order chi connectivity index (χ0) is 10.2. The molecule has 0 aromatic heterocycles. The molecule has 0 heterocycles. The highest BCUT2D eigenvalue weighted by molar-refractivity contribution is 5.85. The predicted octanol–water partition coefficient (Wildman–Crippen LogP) is 2.69. The lowest BCUT2D eigenvalue weighted by Gasteiger charge is -2.05. The molecule has 1 rings (SSSR count). The van der Waals surface area contributed by atoms with Gasteiger partial charge < -0.3 is 16.2 Å². The number of unbranched alkanes of at least 4 members (excludes halogenated alkanes) is 2. The van der Waals surface area contributed by atoms with Gasteiger partial charge in [0.15, 0.2) is 0 Å². The molecule has 16 heavy (non-hydrogen) atoms. The first-order chi connectivity index (χ1) is 6.83. The number of nitrogens with one attached hydrogen (secondary N) is 1. The third-order valence-electron chi connectivity index (χ3n) is 2.07. The second-order valence-electron chi connectivity index (χ2n) is 3.33. The second-order valence-corrected chi connectivity index (χ2v) is 3.33. The van der Waals surface area contributed by atoms with Gasteiger partial charge in [-0.3, -0.25) is 0 Å². The number of hydrogen-bond acceptors (Lipinski definition) is 3. The van der Waals surface area contributed by atoms with E-state index in [-0.39, 0.29) is 24.8 Å². The molecular weight excluding hydrogens is 247 g/mol. The summed E-state index contributed by atoms with van der Waals surface area (Å²) in [6.07, 6.45) is 3.05. The molecule has 0 aliphatic carbocycles. The quantitative estimate of drug-likeness (QED) is 0.548. The van der Waals surface area contributed by atoms with Crippen molar-refractivity contribution in [2.75, 3.05) is 24.2 Å². The van der Waals surface area contributed by atoms with Crippen molar-refractivity contribution < 1.29 is 5.11 Å². The molecule has 5 heteroatoms. The summed E-state index contributed by atoms with van der Waals surface area (Å²) in [5.41, 5.74) is 7.45. The Morgan fingerprint density at radius 1 is 1.00 bits per heavy atom. The molecule has 0 spiro atoms. The van der Waals surface area contributed by atoms with Gasteiger partial charge >= 0.3 is 0 Å². The number of anilines is 2. The van der Waals surface area contributed by atoms with E-state index in [1.54, 1.807) is 0 Å². The Kier molecular flexibility index (Phi) is 12.0. The summed E-state index contributed by atoms with van der Waals surface area (Å²) >= 11 is 0. The minimum absolute atomic E-state index is 0. The fraction of sp³-hybridized carbons (Fsp3) is 0.455. The van der Waals surface area contributed by atoms with Crippen LogP contribution in [0.3, 0.4) is 0 Å². The Morgan fingerprint density at radius 2 is 1.62 bits per heavy atom. The fourth-order valence-corrected chi connectivity index (χ4v) is 1.25. The van der Waals surface area contributed by atoms with Crippen LogP contribution >= 0.6 is 24.8 Å². The van der Waals surface area contributed by atoms with Crippen molar-refractivity contribution in [1.82, 2.24) is 0 Å². The Hall–Kier alpha value is -0.640. The molecule has 4 N–H and O–H groups in total. The summed E-state index contributed by atoms with van der Waals surface area (Å²) < 4.78 is 0. The number of aliphatic hydroxyl groups is 1. The lowest BCUT2D eigenvalue weighted by atomic mass is 10.2. The van der Waals surface area contributed by atoms with Crippen LogP contribution in [0, 0.1) is 0 Å². The van der Waals surface area contributed by atoms with Crippen LogP contribution in [0.1, 0.15) is 19.3 Å². The van der Waals surface area contributed by atoms with E-state index in [2.05, 4.69) is 5.32 Å². The highest BCUT2D eigenvalue weighted by atomic mass is 35.5. The molecule has 0 aliphatic rings. The van der Waals surface area contributed by atoms with Crippen molar-refractivity contribution >= 4 is 36.2 Å². The van der Waals surface area contributed by atoms with Crippen molar-refractivity contribution in [3.05, 3.63) is 24.3 Å². The van der Waals surface area contributed by atoms with E-state index < -0.39 is 0 Å². The molecule has 0 aliphatic heterocycles. The van der Waals surface area contributed by atoms with Crippen molar-refractivity contribution in [2.45, 2.75) is 19.3 Å². The molecule has 0 saturated carbocycles. The van der Waals surface area contributed by atoms with Gasteiger partial charge in [0.05, 0.1) is 0 Å². The Bertz CT molecular complexity index is 255. The number of benzene rings is 1. The van der Waals surface area contributed by atoms with Gasteiger partial charge in [0.1, 0.15) is 0 Å². The van der Waals surface area contributed by atoms with Crippen LogP contribution in [0.5, 0.6) is 0 Å². The molecule has 0 atom stereocenters. The van der Waals surface area contributed by atoms with Gasteiger partial charge in [0.25, 0.3) is 0 Å². The number of rotatable bonds is 6. The average molecular weight is 267 g/mol. The number of halogens is 2. The highest BCUT2D eigenvalue weighted by Gasteiger charge is 1.91. The molecule has 3 nitrogen and oxygen atoms in total. The molecule has 1 aromatic carbocycles. The lowest BCUT2D eigenvalue weighted by Crippen LogP contribution is -2.01. The molecule has 0 amide bonds. The molecule has 0 unspecified atom stereocenters. The predicted molar refractivity (Wildman–Crippen MR) is 74.8 cm³/mol. The van der Waals surface area contributed by atoms with Crippen LogP contribution in [0.25, 0.3) is 0 Å². The first-order valence-electron chi connectivity index (χ1n) is 5.03. The zero-order valence-corrected chi connectivity index (χ0v) is 10.8. The molecule has 1 aromatic rings. The van der Waals surface area contributed by atoms with E-state index in [0.29, 0.717) is 6.61 Å². The summed E-state index contributed by atoms with van der Waals surface area (Å²) in [4.78, 5) is 0. The smallest absolute Gasteiger partial charge is 0.0431 e.